The van der Waals surface area contributed by atoms with E-state index < -0.39 is 5.82 Å². The van der Waals surface area contributed by atoms with Crippen LogP contribution in [-0.2, 0) is 14.3 Å². The Morgan fingerprint density at radius 2 is 1.84 bits per heavy atom. The topological polar surface area (TPSA) is 70.7 Å². The number of ether oxygens (including phenoxy) is 1. The van der Waals surface area contributed by atoms with E-state index in [1.807, 2.05) is 6.07 Å². The summed E-state index contributed by atoms with van der Waals surface area (Å²) in [6, 6.07) is 9.53. The highest BCUT2D eigenvalue weighted by molar-refractivity contribution is 6.42. The molecule has 1 saturated heterocycles. The van der Waals surface area contributed by atoms with E-state index >= 15 is 0 Å². The number of halogens is 3. The molecular weight excluding hydrogens is 456 g/mol. The lowest BCUT2D eigenvalue weighted by Gasteiger charge is -2.26. The van der Waals surface area contributed by atoms with Gasteiger partial charge in [0.05, 0.1) is 28.9 Å². The smallest absolute Gasteiger partial charge is 0.228 e. The van der Waals surface area contributed by atoms with E-state index in [9.17, 15) is 14.0 Å². The SMILES string of the molecule is O=C(CCN1CCOCC1)Nc1cc(NC(=O)C2CC2c2ccc(Cl)c(Cl)c2)ccc1F. The summed E-state index contributed by atoms with van der Waals surface area (Å²) in [5.74, 6) is -1.10. The molecule has 1 aliphatic carbocycles. The molecule has 0 bridgehead atoms. The largest absolute Gasteiger partial charge is 0.379 e. The van der Waals surface area contributed by atoms with Crippen molar-refractivity contribution in [2.75, 3.05) is 43.5 Å². The number of nitrogens with zero attached hydrogens (tertiary/aromatic N) is 1. The first-order valence-corrected chi connectivity index (χ1v) is 11.3. The third-order valence-electron chi connectivity index (χ3n) is 5.77. The molecule has 6 nitrogen and oxygen atoms in total. The number of hydrogen-bond acceptors (Lipinski definition) is 4. The first kappa shape index (κ1) is 23.0. The van der Waals surface area contributed by atoms with Crippen LogP contribution in [0.4, 0.5) is 15.8 Å². The average molecular weight is 480 g/mol. The van der Waals surface area contributed by atoms with Crippen molar-refractivity contribution >= 4 is 46.4 Å². The van der Waals surface area contributed by atoms with Crippen molar-refractivity contribution in [3.05, 3.63) is 57.8 Å². The van der Waals surface area contributed by atoms with E-state index in [1.165, 1.54) is 18.2 Å². The number of hydrogen-bond donors (Lipinski definition) is 2. The van der Waals surface area contributed by atoms with Gasteiger partial charge >= 0.3 is 0 Å². The van der Waals surface area contributed by atoms with E-state index in [2.05, 4.69) is 15.5 Å². The number of nitrogens with one attached hydrogen (secondary N) is 2. The van der Waals surface area contributed by atoms with Crippen molar-refractivity contribution in [3.8, 4) is 0 Å². The van der Waals surface area contributed by atoms with Gasteiger partial charge in [-0.3, -0.25) is 14.5 Å². The monoisotopic (exact) mass is 479 g/mol. The van der Waals surface area contributed by atoms with Gasteiger partial charge in [0, 0.05) is 37.7 Å². The summed E-state index contributed by atoms with van der Waals surface area (Å²) < 4.78 is 19.5. The number of amides is 2. The van der Waals surface area contributed by atoms with E-state index in [0.717, 1.165) is 18.7 Å². The number of morpholine rings is 1. The van der Waals surface area contributed by atoms with Crippen LogP contribution in [0.3, 0.4) is 0 Å². The van der Waals surface area contributed by atoms with Crippen molar-refractivity contribution in [2.24, 2.45) is 5.92 Å². The van der Waals surface area contributed by atoms with Crippen LogP contribution < -0.4 is 10.6 Å². The lowest BCUT2D eigenvalue weighted by molar-refractivity contribution is -0.117. The van der Waals surface area contributed by atoms with Crippen molar-refractivity contribution in [1.29, 1.82) is 0 Å². The second-order valence-electron chi connectivity index (χ2n) is 8.06. The highest BCUT2D eigenvalue weighted by Crippen LogP contribution is 2.49. The number of carbonyl (C=O) groups excluding carboxylic acids is 2. The highest BCUT2D eigenvalue weighted by atomic mass is 35.5. The Labute approximate surface area is 196 Å². The summed E-state index contributed by atoms with van der Waals surface area (Å²) >= 11 is 12.0. The van der Waals surface area contributed by atoms with Crippen molar-refractivity contribution in [3.63, 3.8) is 0 Å². The van der Waals surface area contributed by atoms with Crippen LogP contribution in [0.25, 0.3) is 0 Å². The van der Waals surface area contributed by atoms with Crippen LogP contribution in [0, 0.1) is 11.7 Å². The fourth-order valence-corrected chi connectivity index (χ4v) is 4.13. The predicted octanol–water partition coefficient (Wildman–Crippen LogP) is 4.54. The minimum Gasteiger partial charge on any atom is -0.379 e. The molecule has 9 heteroatoms. The molecule has 2 aromatic rings. The standard InChI is InChI=1S/C23H24Cl2FN3O3/c24-18-3-1-14(11-19(18)25)16-13-17(16)23(31)27-15-2-4-20(26)21(12-15)28-22(30)5-6-29-7-9-32-10-8-29/h1-4,11-12,16-17H,5-10,13H2,(H,27,31)(H,28,30). The summed E-state index contributed by atoms with van der Waals surface area (Å²) in [6.07, 6.45) is 0.958. The lowest BCUT2D eigenvalue weighted by atomic mass is 10.1. The number of benzene rings is 2. The van der Waals surface area contributed by atoms with E-state index in [-0.39, 0.29) is 35.8 Å². The molecule has 2 amide bonds. The molecule has 1 aliphatic heterocycles. The fourth-order valence-electron chi connectivity index (χ4n) is 3.83. The Hall–Kier alpha value is -2.19. The maximum atomic E-state index is 14.2. The van der Waals surface area contributed by atoms with Gasteiger partial charge in [0.2, 0.25) is 11.8 Å². The maximum absolute atomic E-state index is 14.2. The van der Waals surface area contributed by atoms with E-state index in [1.54, 1.807) is 12.1 Å². The third-order valence-corrected chi connectivity index (χ3v) is 6.50. The zero-order valence-electron chi connectivity index (χ0n) is 17.4. The minimum atomic E-state index is -0.553. The molecule has 4 rings (SSSR count). The lowest BCUT2D eigenvalue weighted by Crippen LogP contribution is -2.38. The van der Waals surface area contributed by atoms with Crippen molar-refractivity contribution in [1.82, 2.24) is 4.90 Å². The van der Waals surface area contributed by atoms with Gasteiger partial charge in [-0.25, -0.2) is 4.39 Å². The summed E-state index contributed by atoms with van der Waals surface area (Å²) in [4.78, 5) is 27.0. The van der Waals surface area contributed by atoms with Crippen LogP contribution in [0.2, 0.25) is 10.0 Å². The van der Waals surface area contributed by atoms with Crippen LogP contribution in [-0.4, -0.2) is 49.6 Å². The molecule has 32 heavy (non-hydrogen) atoms. The Morgan fingerprint density at radius 1 is 1.06 bits per heavy atom. The summed E-state index contributed by atoms with van der Waals surface area (Å²) in [5, 5.41) is 6.36. The summed E-state index contributed by atoms with van der Waals surface area (Å²) in [6.45, 7) is 3.47. The molecule has 1 heterocycles. The summed E-state index contributed by atoms with van der Waals surface area (Å²) in [7, 11) is 0. The Bertz CT molecular complexity index is 1010. The van der Waals surface area contributed by atoms with Crippen LogP contribution in [0.1, 0.15) is 24.3 Å². The molecule has 0 spiro atoms. The summed E-state index contributed by atoms with van der Waals surface area (Å²) in [5.41, 5.74) is 1.44. The minimum absolute atomic E-state index is 0.0478. The first-order valence-electron chi connectivity index (χ1n) is 10.6. The quantitative estimate of drug-likeness (QED) is 0.611. The molecule has 2 atom stereocenters. The van der Waals surface area contributed by atoms with E-state index in [0.29, 0.717) is 41.9 Å². The van der Waals surface area contributed by atoms with Gasteiger partial charge in [0.1, 0.15) is 5.82 Å². The first-order chi connectivity index (χ1) is 15.4. The van der Waals surface area contributed by atoms with Gasteiger partial charge in [0.15, 0.2) is 0 Å². The Balaban J connectivity index is 1.31. The second kappa shape index (κ2) is 10.2. The maximum Gasteiger partial charge on any atom is 0.228 e. The molecule has 0 aromatic heterocycles. The zero-order chi connectivity index (χ0) is 22.7. The van der Waals surface area contributed by atoms with Crippen molar-refractivity contribution < 1.29 is 18.7 Å². The number of rotatable bonds is 7. The van der Waals surface area contributed by atoms with E-state index in [4.69, 9.17) is 27.9 Å². The molecule has 0 radical (unpaired) electrons. The van der Waals surface area contributed by atoms with Crippen molar-refractivity contribution in [2.45, 2.75) is 18.8 Å². The van der Waals surface area contributed by atoms with Gasteiger partial charge in [0.25, 0.3) is 0 Å². The molecule has 2 N–H and O–H groups in total. The Morgan fingerprint density at radius 3 is 2.59 bits per heavy atom. The predicted molar refractivity (Wildman–Crippen MR) is 123 cm³/mol. The number of carbonyl (C=O) groups is 2. The average Bonchev–Trinajstić information content (AvgIpc) is 3.58. The van der Waals surface area contributed by atoms with Gasteiger partial charge in [-0.05, 0) is 48.2 Å². The molecule has 2 aromatic carbocycles. The van der Waals surface area contributed by atoms with Crippen LogP contribution in [0.5, 0.6) is 0 Å². The molecule has 2 unspecified atom stereocenters. The van der Waals surface area contributed by atoms with Crippen LogP contribution in [0.15, 0.2) is 36.4 Å². The molecule has 1 saturated carbocycles. The van der Waals surface area contributed by atoms with Gasteiger partial charge in [-0.2, -0.15) is 0 Å². The third kappa shape index (κ3) is 5.78. The van der Waals surface area contributed by atoms with Crippen LogP contribution >= 0.6 is 23.2 Å². The number of anilines is 2. The van der Waals surface area contributed by atoms with Gasteiger partial charge < -0.3 is 15.4 Å². The molecule has 2 aliphatic rings. The molecule has 170 valence electrons. The fraction of sp³-hybridized carbons (Fsp3) is 0.391. The second-order valence-corrected chi connectivity index (χ2v) is 8.87. The van der Waals surface area contributed by atoms with Gasteiger partial charge in [-0.1, -0.05) is 29.3 Å². The molecule has 2 fully saturated rings. The normalized spacial score (nSPS) is 20.6. The highest BCUT2D eigenvalue weighted by Gasteiger charge is 2.44. The zero-order valence-corrected chi connectivity index (χ0v) is 18.9. The van der Waals surface area contributed by atoms with Gasteiger partial charge in [-0.15, -0.1) is 0 Å². The molecular formula is C23H24Cl2FN3O3. The Kier molecular flexibility index (Phi) is 7.30.